The van der Waals surface area contributed by atoms with Crippen LogP contribution in [-0.2, 0) is 16.6 Å². The molecule has 1 aromatic carbocycles. The van der Waals surface area contributed by atoms with E-state index in [9.17, 15) is 14.0 Å². The number of esters is 1. The van der Waals surface area contributed by atoms with Crippen LogP contribution < -0.4 is 4.90 Å². The van der Waals surface area contributed by atoms with Crippen LogP contribution in [0.1, 0.15) is 38.2 Å². The molecule has 1 amide bonds. The zero-order valence-corrected chi connectivity index (χ0v) is 14.9. The van der Waals surface area contributed by atoms with Crippen LogP contribution in [0.5, 0.6) is 0 Å². The van der Waals surface area contributed by atoms with Gasteiger partial charge in [-0.25, -0.2) is 13.9 Å². The number of rotatable bonds is 4. The predicted octanol–water partition coefficient (Wildman–Crippen LogP) is 2.33. The van der Waals surface area contributed by atoms with E-state index in [1.54, 1.807) is 34.7 Å². The van der Waals surface area contributed by atoms with Gasteiger partial charge in [-0.1, -0.05) is 5.21 Å². The van der Waals surface area contributed by atoms with Crippen molar-refractivity contribution in [2.45, 2.75) is 39.3 Å². The highest BCUT2D eigenvalue weighted by Gasteiger charge is 2.33. The number of aryl methyl sites for hydroxylation is 1. The van der Waals surface area contributed by atoms with Gasteiger partial charge in [-0.3, -0.25) is 9.69 Å². The van der Waals surface area contributed by atoms with Gasteiger partial charge in [-0.2, -0.15) is 0 Å². The Bertz CT molecular complexity index is 765. The third-order valence-corrected chi connectivity index (χ3v) is 3.39. The van der Waals surface area contributed by atoms with Crippen LogP contribution in [0.4, 0.5) is 10.1 Å². The Morgan fingerprint density at radius 2 is 1.84 bits per heavy atom. The van der Waals surface area contributed by atoms with Crippen LogP contribution in [-0.4, -0.2) is 38.5 Å². The van der Waals surface area contributed by atoms with Crippen molar-refractivity contribution in [3.8, 4) is 0 Å². The van der Waals surface area contributed by atoms with Gasteiger partial charge in [-0.15, -0.1) is 5.10 Å². The topological polar surface area (TPSA) is 77.3 Å². The Morgan fingerprint density at radius 1 is 1.24 bits per heavy atom. The van der Waals surface area contributed by atoms with Gasteiger partial charge in [-0.05, 0) is 52.0 Å². The maximum Gasteiger partial charge on any atom is 0.329 e. The van der Waals surface area contributed by atoms with E-state index in [1.807, 2.05) is 0 Å². The third kappa shape index (κ3) is 4.40. The number of anilines is 1. The third-order valence-electron chi connectivity index (χ3n) is 3.39. The highest BCUT2D eigenvalue weighted by molar-refractivity contribution is 6.08. The van der Waals surface area contributed by atoms with Crippen molar-refractivity contribution in [3.63, 3.8) is 0 Å². The molecule has 8 heteroatoms. The second kappa shape index (κ2) is 7.00. The molecule has 1 heterocycles. The lowest BCUT2D eigenvalue weighted by Crippen LogP contribution is -2.46. The lowest BCUT2D eigenvalue weighted by atomic mass is 10.1. The Kier molecular flexibility index (Phi) is 5.20. The van der Waals surface area contributed by atoms with Crippen molar-refractivity contribution in [3.05, 3.63) is 42.0 Å². The maximum atomic E-state index is 13.3. The second-order valence-corrected chi connectivity index (χ2v) is 6.60. The molecule has 0 spiro atoms. The first-order valence-corrected chi connectivity index (χ1v) is 7.77. The number of benzene rings is 1. The van der Waals surface area contributed by atoms with Gasteiger partial charge < -0.3 is 4.74 Å². The number of hydrogen-bond donors (Lipinski definition) is 0. The lowest BCUT2D eigenvalue weighted by molar-refractivity contribution is -0.155. The molecule has 1 atom stereocenters. The molecule has 0 aliphatic heterocycles. The molecule has 2 aromatic rings. The van der Waals surface area contributed by atoms with Crippen molar-refractivity contribution in [2.75, 3.05) is 4.90 Å². The van der Waals surface area contributed by atoms with Crippen molar-refractivity contribution in [1.29, 1.82) is 0 Å². The fourth-order valence-electron chi connectivity index (χ4n) is 2.22. The summed E-state index contributed by atoms with van der Waals surface area (Å²) >= 11 is 0. The van der Waals surface area contributed by atoms with Gasteiger partial charge in [0.25, 0.3) is 5.91 Å². The lowest BCUT2D eigenvalue weighted by Gasteiger charge is -2.30. The highest BCUT2D eigenvalue weighted by atomic mass is 19.1. The van der Waals surface area contributed by atoms with Gasteiger partial charge in [0.1, 0.15) is 23.2 Å². The summed E-state index contributed by atoms with van der Waals surface area (Å²) in [6.45, 7) is 6.78. The monoisotopic (exact) mass is 348 g/mol. The summed E-state index contributed by atoms with van der Waals surface area (Å²) in [6.07, 6.45) is 1.31. The summed E-state index contributed by atoms with van der Waals surface area (Å²) < 4.78 is 19.9. The summed E-state index contributed by atoms with van der Waals surface area (Å²) in [6, 6.07) is 4.38. The van der Waals surface area contributed by atoms with Crippen LogP contribution in [0.3, 0.4) is 0 Å². The summed E-state index contributed by atoms with van der Waals surface area (Å²) in [7, 11) is 1.57. The first-order chi connectivity index (χ1) is 11.6. The van der Waals surface area contributed by atoms with Gasteiger partial charge in [0, 0.05) is 12.7 Å². The Hall–Kier alpha value is -2.77. The number of nitrogens with zero attached hydrogens (tertiary/aromatic N) is 4. The zero-order valence-electron chi connectivity index (χ0n) is 14.9. The van der Waals surface area contributed by atoms with Crippen LogP contribution >= 0.6 is 0 Å². The van der Waals surface area contributed by atoms with Gasteiger partial charge in [0.2, 0.25) is 0 Å². The molecule has 25 heavy (non-hydrogen) atoms. The molecule has 134 valence electrons. The van der Waals surface area contributed by atoms with E-state index in [0.717, 1.165) is 0 Å². The Balaban J connectivity index is 2.42. The van der Waals surface area contributed by atoms with Gasteiger partial charge in [0.15, 0.2) is 0 Å². The number of ether oxygens (including phenoxy) is 1. The number of carbonyl (C=O) groups is 2. The molecular weight excluding hydrogens is 327 g/mol. The molecule has 0 aliphatic rings. The van der Waals surface area contributed by atoms with E-state index >= 15 is 0 Å². The summed E-state index contributed by atoms with van der Waals surface area (Å²) in [4.78, 5) is 26.7. The molecular formula is C17H21FN4O3. The van der Waals surface area contributed by atoms with Crippen molar-refractivity contribution in [2.24, 2.45) is 7.05 Å². The molecule has 2 rings (SSSR count). The minimum atomic E-state index is -0.924. The maximum absolute atomic E-state index is 13.3. The molecule has 0 fully saturated rings. The standard InChI is InChI=1S/C17H21FN4O3/c1-11(16(24)25-17(2,3)4)22(13-8-6-12(18)7-9-13)15(23)14-10-19-20-21(14)5/h6-11H,1-5H3. The number of aromatic nitrogens is 3. The molecule has 0 saturated heterocycles. The Morgan fingerprint density at radius 3 is 2.32 bits per heavy atom. The molecule has 0 bridgehead atoms. The van der Waals surface area contributed by atoms with E-state index in [2.05, 4.69) is 10.3 Å². The van der Waals surface area contributed by atoms with E-state index in [-0.39, 0.29) is 5.69 Å². The van der Waals surface area contributed by atoms with E-state index < -0.39 is 29.3 Å². The number of carbonyl (C=O) groups excluding carboxylic acids is 2. The van der Waals surface area contributed by atoms with E-state index in [1.165, 1.54) is 40.0 Å². The highest BCUT2D eigenvalue weighted by Crippen LogP contribution is 2.22. The van der Waals surface area contributed by atoms with Crippen LogP contribution in [0.2, 0.25) is 0 Å². The average Bonchev–Trinajstić information content (AvgIpc) is 2.93. The molecule has 1 aromatic heterocycles. The molecule has 7 nitrogen and oxygen atoms in total. The largest absolute Gasteiger partial charge is 0.458 e. The second-order valence-electron chi connectivity index (χ2n) is 6.60. The number of amides is 1. The fraction of sp³-hybridized carbons (Fsp3) is 0.412. The zero-order chi connectivity index (χ0) is 18.8. The van der Waals surface area contributed by atoms with E-state index in [0.29, 0.717) is 5.69 Å². The molecule has 1 unspecified atom stereocenters. The first-order valence-electron chi connectivity index (χ1n) is 7.77. The minimum absolute atomic E-state index is 0.194. The SMILES string of the molecule is CC(C(=O)OC(C)(C)C)N(C(=O)c1cnnn1C)c1ccc(F)cc1. The molecule has 0 aliphatic carbocycles. The molecule has 0 saturated carbocycles. The number of halogens is 1. The van der Waals surface area contributed by atoms with Crippen LogP contribution in [0.15, 0.2) is 30.5 Å². The van der Waals surface area contributed by atoms with Crippen LogP contribution in [0, 0.1) is 5.82 Å². The fourth-order valence-corrected chi connectivity index (χ4v) is 2.22. The van der Waals surface area contributed by atoms with Gasteiger partial charge in [0.05, 0.1) is 6.20 Å². The quantitative estimate of drug-likeness (QED) is 0.793. The number of hydrogen-bond acceptors (Lipinski definition) is 5. The van der Waals surface area contributed by atoms with Crippen molar-refractivity contribution >= 4 is 17.6 Å². The first kappa shape index (κ1) is 18.6. The molecule has 0 N–H and O–H groups in total. The van der Waals surface area contributed by atoms with Gasteiger partial charge >= 0.3 is 5.97 Å². The molecule has 0 radical (unpaired) electrons. The minimum Gasteiger partial charge on any atom is -0.458 e. The normalized spacial score (nSPS) is 12.6. The average molecular weight is 348 g/mol. The smallest absolute Gasteiger partial charge is 0.329 e. The van der Waals surface area contributed by atoms with Crippen molar-refractivity contribution in [1.82, 2.24) is 15.0 Å². The van der Waals surface area contributed by atoms with Crippen molar-refractivity contribution < 1.29 is 18.7 Å². The van der Waals surface area contributed by atoms with Crippen LogP contribution in [0.25, 0.3) is 0 Å². The Labute approximate surface area is 145 Å². The summed E-state index contributed by atoms with van der Waals surface area (Å²) in [5, 5.41) is 7.42. The van der Waals surface area contributed by atoms with E-state index in [4.69, 9.17) is 4.74 Å². The summed E-state index contributed by atoms with van der Waals surface area (Å²) in [5.41, 5.74) is -0.137. The summed E-state index contributed by atoms with van der Waals surface area (Å²) in [5.74, 6) is -1.50. The predicted molar refractivity (Wildman–Crippen MR) is 89.5 cm³/mol.